The van der Waals surface area contributed by atoms with E-state index in [1.165, 1.54) is 19.2 Å². The molecule has 0 radical (unpaired) electrons. The Kier molecular flexibility index (Phi) is 7.69. The Labute approximate surface area is 181 Å². The van der Waals surface area contributed by atoms with E-state index >= 15 is 0 Å². The van der Waals surface area contributed by atoms with E-state index in [1.54, 1.807) is 30.3 Å². The van der Waals surface area contributed by atoms with E-state index in [9.17, 15) is 18.0 Å². The average molecular weight is 454 g/mol. The predicted molar refractivity (Wildman–Crippen MR) is 118 cm³/mol. The summed E-state index contributed by atoms with van der Waals surface area (Å²) < 4.78 is 30.9. The molecule has 2 rings (SSSR count). The van der Waals surface area contributed by atoms with Gasteiger partial charge < -0.3 is 15.4 Å². The molecule has 0 saturated heterocycles. The number of para-hydroxylation sites is 1. The van der Waals surface area contributed by atoms with Gasteiger partial charge in [-0.15, -0.1) is 0 Å². The normalized spacial score (nSPS) is 11.1. The van der Waals surface area contributed by atoms with Gasteiger partial charge in [0, 0.05) is 11.1 Å². The quantitative estimate of drug-likeness (QED) is 0.639. The number of nitrogens with zero attached hydrogens (tertiary/aromatic N) is 1. The second-order valence-corrected chi connectivity index (χ2v) is 9.15. The highest BCUT2D eigenvalue weighted by molar-refractivity contribution is 7.92. The molecule has 30 heavy (non-hydrogen) atoms. The van der Waals surface area contributed by atoms with Gasteiger partial charge in [0.1, 0.15) is 12.3 Å². The number of methoxy groups -OCH3 is 1. The molecule has 0 aromatic heterocycles. The van der Waals surface area contributed by atoms with Crippen molar-refractivity contribution in [1.82, 2.24) is 5.32 Å². The van der Waals surface area contributed by atoms with Gasteiger partial charge in [-0.1, -0.05) is 23.7 Å². The second kappa shape index (κ2) is 9.82. The third-order valence-electron chi connectivity index (χ3n) is 3.96. The molecule has 0 atom stereocenters. The van der Waals surface area contributed by atoms with Gasteiger partial charge in [0.25, 0.3) is 5.91 Å². The van der Waals surface area contributed by atoms with Crippen molar-refractivity contribution < 1.29 is 22.7 Å². The van der Waals surface area contributed by atoms with Crippen LogP contribution >= 0.6 is 11.6 Å². The topological polar surface area (TPSA) is 105 Å². The Bertz CT molecular complexity index is 1040. The summed E-state index contributed by atoms with van der Waals surface area (Å²) in [5.74, 6) is -0.737. The fourth-order valence-electron chi connectivity index (χ4n) is 2.69. The van der Waals surface area contributed by atoms with Gasteiger partial charge in [-0.3, -0.25) is 13.9 Å². The first-order valence-electron chi connectivity index (χ1n) is 9.04. The van der Waals surface area contributed by atoms with Crippen molar-refractivity contribution >= 4 is 44.8 Å². The lowest BCUT2D eigenvalue weighted by atomic mass is 10.1. The lowest BCUT2D eigenvalue weighted by molar-refractivity contribution is -0.114. The number of sulfonamides is 1. The molecule has 2 aromatic rings. The third-order valence-corrected chi connectivity index (χ3v) is 5.32. The highest BCUT2D eigenvalue weighted by atomic mass is 35.5. The van der Waals surface area contributed by atoms with Crippen molar-refractivity contribution in [2.45, 2.75) is 19.9 Å². The van der Waals surface area contributed by atoms with Crippen molar-refractivity contribution in [2.75, 3.05) is 29.5 Å². The summed E-state index contributed by atoms with van der Waals surface area (Å²) in [6.07, 6.45) is 0.977. The largest absolute Gasteiger partial charge is 0.495 e. The van der Waals surface area contributed by atoms with Crippen LogP contribution in [0.4, 0.5) is 11.4 Å². The zero-order chi connectivity index (χ0) is 22.5. The monoisotopic (exact) mass is 453 g/mol. The summed E-state index contributed by atoms with van der Waals surface area (Å²) in [5.41, 5.74) is 0.673. The van der Waals surface area contributed by atoms with Crippen molar-refractivity contribution in [3.63, 3.8) is 0 Å². The van der Waals surface area contributed by atoms with E-state index < -0.39 is 22.5 Å². The maximum atomic E-state index is 12.7. The molecule has 162 valence electrons. The fraction of sp³-hybridized carbons (Fsp3) is 0.300. The van der Waals surface area contributed by atoms with Gasteiger partial charge in [-0.2, -0.15) is 0 Å². The first-order chi connectivity index (χ1) is 14.0. The molecule has 0 heterocycles. The van der Waals surface area contributed by atoms with E-state index in [0.717, 1.165) is 10.6 Å². The lowest BCUT2D eigenvalue weighted by Crippen LogP contribution is -2.38. The number of anilines is 2. The third kappa shape index (κ3) is 6.11. The Hall–Kier alpha value is -2.78. The molecule has 0 aliphatic heterocycles. The van der Waals surface area contributed by atoms with Crippen molar-refractivity contribution in [3.8, 4) is 5.75 Å². The van der Waals surface area contributed by atoms with Crippen LogP contribution in [0.25, 0.3) is 0 Å². The van der Waals surface area contributed by atoms with Crippen molar-refractivity contribution in [3.05, 3.63) is 53.1 Å². The molecule has 2 amide bonds. The van der Waals surface area contributed by atoms with Crippen LogP contribution in [0.5, 0.6) is 5.75 Å². The maximum Gasteiger partial charge on any atom is 0.253 e. The molecule has 0 aliphatic carbocycles. The molecule has 8 nitrogen and oxygen atoms in total. The van der Waals surface area contributed by atoms with Crippen LogP contribution in [0.15, 0.2) is 42.5 Å². The molecule has 2 aromatic carbocycles. The van der Waals surface area contributed by atoms with Crippen LogP contribution in [0, 0.1) is 0 Å². The SMILES string of the molecule is COc1ccc(Cl)cc1N(CC(=O)Nc1ccccc1C(=O)NC(C)C)S(C)(=O)=O. The number of benzene rings is 2. The zero-order valence-corrected chi connectivity index (χ0v) is 18.7. The van der Waals surface area contributed by atoms with Crippen LogP contribution in [0.1, 0.15) is 24.2 Å². The number of halogens is 1. The van der Waals surface area contributed by atoms with E-state index in [0.29, 0.717) is 0 Å². The van der Waals surface area contributed by atoms with Gasteiger partial charge >= 0.3 is 0 Å². The first kappa shape index (κ1) is 23.5. The minimum absolute atomic E-state index is 0.0859. The van der Waals surface area contributed by atoms with Gasteiger partial charge in [-0.25, -0.2) is 8.42 Å². The van der Waals surface area contributed by atoms with E-state index in [1.807, 2.05) is 13.8 Å². The molecule has 10 heteroatoms. The molecule has 0 aliphatic rings. The molecule has 0 fully saturated rings. The van der Waals surface area contributed by atoms with E-state index in [4.69, 9.17) is 16.3 Å². The summed E-state index contributed by atoms with van der Waals surface area (Å²) in [5, 5.41) is 5.65. The molecule has 2 N–H and O–H groups in total. The van der Waals surface area contributed by atoms with Crippen LogP contribution < -0.4 is 19.7 Å². The summed E-state index contributed by atoms with van der Waals surface area (Å²) in [6, 6.07) is 10.9. The zero-order valence-electron chi connectivity index (χ0n) is 17.1. The van der Waals surface area contributed by atoms with Gasteiger partial charge in [0.15, 0.2) is 0 Å². The number of ether oxygens (including phenoxy) is 1. The highest BCUT2D eigenvalue weighted by Crippen LogP contribution is 2.32. The van der Waals surface area contributed by atoms with Gasteiger partial charge in [0.05, 0.1) is 30.3 Å². The summed E-state index contributed by atoms with van der Waals surface area (Å²) in [4.78, 5) is 25.1. The average Bonchev–Trinajstić information content (AvgIpc) is 2.65. The Morgan fingerprint density at radius 3 is 2.43 bits per heavy atom. The van der Waals surface area contributed by atoms with Gasteiger partial charge in [-0.05, 0) is 44.2 Å². The minimum Gasteiger partial charge on any atom is -0.495 e. The van der Waals surface area contributed by atoms with Gasteiger partial charge in [0.2, 0.25) is 15.9 Å². The standard InChI is InChI=1S/C20H24ClN3O5S/c1-13(2)22-20(26)15-7-5-6-8-16(15)23-19(25)12-24(30(4,27)28)17-11-14(21)9-10-18(17)29-3/h5-11,13H,12H2,1-4H3,(H,22,26)(H,23,25). The van der Waals surface area contributed by atoms with Crippen molar-refractivity contribution in [2.24, 2.45) is 0 Å². The number of nitrogens with one attached hydrogen (secondary N) is 2. The Balaban J connectivity index is 2.32. The number of carbonyl (C=O) groups is 2. The summed E-state index contributed by atoms with van der Waals surface area (Å²) in [6.45, 7) is 3.11. The minimum atomic E-state index is -3.84. The Morgan fingerprint density at radius 2 is 1.83 bits per heavy atom. The van der Waals surface area contributed by atoms with Crippen LogP contribution in [0.2, 0.25) is 5.02 Å². The molecule has 0 bridgehead atoms. The van der Waals surface area contributed by atoms with Crippen LogP contribution in [0.3, 0.4) is 0 Å². The fourth-order valence-corrected chi connectivity index (χ4v) is 3.71. The number of carbonyl (C=O) groups excluding carboxylic acids is 2. The number of amides is 2. The number of rotatable bonds is 8. The maximum absolute atomic E-state index is 12.7. The molecule has 0 spiro atoms. The molecular weight excluding hydrogens is 430 g/mol. The number of hydrogen-bond donors (Lipinski definition) is 2. The number of hydrogen-bond acceptors (Lipinski definition) is 5. The van der Waals surface area contributed by atoms with Crippen LogP contribution in [-0.4, -0.2) is 46.2 Å². The van der Waals surface area contributed by atoms with Crippen LogP contribution in [-0.2, 0) is 14.8 Å². The highest BCUT2D eigenvalue weighted by Gasteiger charge is 2.25. The lowest BCUT2D eigenvalue weighted by Gasteiger charge is -2.24. The smallest absolute Gasteiger partial charge is 0.253 e. The molecule has 0 saturated carbocycles. The predicted octanol–water partition coefficient (Wildman–Crippen LogP) is 2.89. The summed E-state index contributed by atoms with van der Waals surface area (Å²) in [7, 11) is -2.46. The Morgan fingerprint density at radius 1 is 1.17 bits per heavy atom. The van der Waals surface area contributed by atoms with E-state index in [2.05, 4.69) is 10.6 Å². The first-order valence-corrected chi connectivity index (χ1v) is 11.3. The summed E-state index contributed by atoms with van der Waals surface area (Å²) >= 11 is 6.01. The van der Waals surface area contributed by atoms with E-state index in [-0.39, 0.29) is 39.7 Å². The molecular formula is C20H24ClN3O5S. The molecule has 0 unspecified atom stereocenters. The second-order valence-electron chi connectivity index (χ2n) is 6.81. The van der Waals surface area contributed by atoms with Crippen molar-refractivity contribution in [1.29, 1.82) is 0 Å².